The summed E-state index contributed by atoms with van der Waals surface area (Å²) in [5.74, 6) is 1.84. The third kappa shape index (κ3) is 5.98. The van der Waals surface area contributed by atoms with Gasteiger partial charge >= 0.3 is 5.97 Å². The SMILES string of the molecule is N#CCCNC(=O)COC(=O)COc1ccccc1C1SCCS1. The van der Waals surface area contributed by atoms with Crippen molar-refractivity contribution in [3.05, 3.63) is 29.8 Å². The highest BCUT2D eigenvalue weighted by Gasteiger charge is 2.22. The zero-order valence-corrected chi connectivity index (χ0v) is 14.7. The summed E-state index contributed by atoms with van der Waals surface area (Å²) in [6.45, 7) is -0.373. The van der Waals surface area contributed by atoms with Gasteiger partial charge in [0.2, 0.25) is 0 Å². The van der Waals surface area contributed by atoms with E-state index in [2.05, 4.69) is 5.32 Å². The van der Waals surface area contributed by atoms with Crippen LogP contribution in [-0.4, -0.2) is 43.1 Å². The van der Waals surface area contributed by atoms with Crippen LogP contribution in [0, 0.1) is 11.3 Å². The number of thioether (sulfide) groups is 2. The van der Waals surface area contributed by atoms with Crippen LogP contribution in [0.15, 0.2) is 24.3 Å². The topological polar surface area (TPSA) is 88.4 Å². The molecule has 1 saturated heterocycles. The van der Waals surface area contributed by atoms with Gasteiger partial charge in [-0.25, -0.2) is 4.79 Å². The fraction of sp³-hybridized carbons (Fsp3) is 0.438. The van der Waals surface area contributed by atoms with Crippen molar-refractivity contribution < 1.29 is 19.1 Å². The Morgan fingerprint density at radius 2 is 2.00 bits per heavy atom. The minimum Gasteiger partial charge on any atom is -0.482 e. The number of para-hydroxylation sites is 1. The van der Waals surface area contributed by atoms with Gasteiger partial charge in [-0.05, 0) is 6.07 Å². The lowest BCUT2D eigenvalue weighted by Gasteiger charge is -2.14. The summed E-state index contributed by atoms with van der Waals surface area (Å²) in [6, 6.07) is 9.55. The van der Waals surface area contributed by atoms with Crippen molar-refractivity contribution in [2.45, 2.75) is 11.0 Å². The lowest BCUT2D eigenvalue weighted by Crippen LogP contribution is -2.30. The predicted molar refractivity (Wildman–Crippen MR) is 93.8 cm³/mol. The number of ether oxygens (including phenoxy) is 2. The molecule has 1 aromatic carbocycles. The van der Waals surface area contributed by atoms with E-state index in [1.165, 1.54) is 0 Å². The maximum absolute atomic E-state index is 11.7. The molecule has 1 heterocycles. The van der Waals surface area contributed by atoms with Crippen LogP contribution in [0.25, 0.3) is 0 Å². The van der Waals surface area contributed by atoms with E-state index < -0.39 is 11.9 Å². The minimum absolute atomic E-state index is 0.219. The third-order valence-electron chi connectivity index (χ3n) is 3.06. The normalized spacial score (nSPS) is 14.0. The van der Waals surface area contributed by atoms with Crippen molar-refractivity contribution in [3.63, 3.8) is 0 Å². The largest absolute Gasteiger partial charge is 0.482 e. The van der Waals surface area contributed by atoms with Gasteiger partial charge in [0.05, 0.1) is 17.1 Å². The highest BCUT2D eigenvalue weighted by molar-refractivity contribution is 8.19. The highest BCUT2D eigenvalue weighted by atomic mass is 32.2. The molecule has 1 aliphatic heterocycles. The number of nitriles is 1. The molecule has 128 valence electrons. The number of hydrogen-bond donors (Lipinski definition) is 1. The predicted octanol–water partition coefficient (Wildman–Crippen LogP) is 2.12. The fourth-order valence-corrected chi connectivity index (χ4v) is 4.89. The van der Waals surface area contributed by atoms with Gasteiger partial charge in [0.15, 0.2) is 13.2 Å². The molecule has 1 aliphatic rings. The van der Waals surface area contributed by atoms with Crippen LogP contribution in [0.5, 0.6) is 5.75 Å². The van der Waals surface area contributed by atoms with E-state index in [9.17, 15) is 9.59 Å². The molecule has 1 amide bonds. The first-order chi connectivity index (χ1) is 11.7. The molecule has 0 aliphatic carbocycles. The van der Waals surface area contributed by atoms with Crippen LogP contribution < -0.4 is 10.1 Å². The lowest BCUT2D eigenvalue weighted by atomic mass is 10.2. The zero-order valence-electron chi connectivity index (χ0n) is 13.0. The standard InChI is InChI=1S/C16H18N2O4S2/c17-6-3-7-18-14(19)10-22-15(20)11-21-13-5-2-1-4-12(13)16-23-8-9-24-16/h1-2,4-5,16H,3,7-11H2,(H,18,19). The first kappa shape index (κ1) is 18.5. The Balaban J connectivity index is 1.76. The number of nitrogens with zero attached hydrogens (tertiary/aromatic N) is 1. The first-order valence-corrected chi connectivity index (χ1v) is 9.54. The van der Waals surface area contributed by atoms with Gasteiger partial charge in [-0.3, -0.25) is 4.79 Å². The van der Waals surface area contributed by atoms with Gasteiger partial charge in [0.1, 0.15) is 5.75 Å². The third-order valence-corrected chi connectivity index (χ3v) is 6.13. The Kier molecular flexibility index (Phi) is 7.79. The number of nitrogens with one attached hydrogen (secondary N) is 1. The Morgan fingerprint density at radius 3 is 2.75 bits per heavy atom. The molecule has 0 saturated carbocycles. The number of esters is 1. The van der Waals surface area contributed by atoms with Gasteiger partial charge in [0, 0.05) is 23.6 Å². The number of carbonyl (C=O) groups is 2. The van der Waals surface area contributed by atoms with Crippen LogP contribution in [0.4, 0.5) is 0 Å². The summed E-state index contributed by atoms with van der Waals surface area (Å²) in [7, 11) is 0. The van der Waals surface area contributed by atoms with E-state index in [1.54, 1.807) is 0 Å². The van der Waals surface area contributed by atoms with Crippen LogP contribution in [0.1, 0.15) is 16.6 Å². The monoisotopic (exact) mass is 366 g/mol. The van der Waals surface area contributed by atoms with E-state index in [0.717, 1.165) is 17.1 Å². The van der Waals surface area contributed by atoms with Crippen molar-refractivity contribution in [2.75, 3.05) is 31.3 Å². The van der Waals surface area contributed by atoms with Gasteiger partial charge in [0.25, 0.3) is 5.91 Å². The second-order valence-corrected chi connectivity index (χ2v) is 7.54. The molecule has 0 aromatic heterocycles. The van der Waals surface area contributed by atoms with Crippen molar-refractivity contribution in [1.82, 2.24) is 5.32 Å². The maximum atomic E-state index is 11.7. The van der Waals surface area contributed by atoms with Crippen LogP contribution >= 0.6 is 23.5 Å². The quantitative estimate of drug-likeness (QED) is 0.557. The average molecular weight is 366 g/mol. The van der Waals surface area contributed by atoms with Gasteiger partial charge in [-0.2, -0.15) is 5.26 Å². The first-order valence-electron chi connectivity index (χ1n) is 7.45. The number of carbonyl (C=O) groups excluding carboxylic acids is 2. The zero-order chi connectivity index (χ0) is 17.2. The summed E-state index contributed by atoms with van der Waals surface area (Å²) >= 11 is 3.72. The molecule has 1 N–H and O–H groups in total. The molecule has 0 atom stereocenters. The van der Waals surface area contributed by atoms with Crippen molar-refractivity contribution >= 4 is 35.4 Å². The van der Waals surface area contributed by atoms with Crippen molar-refractivity contribution in [2.24, 2.45) is 0 Å². The number of benzene rings is 1. The second-order valence-electron chi connectivity index (χ2n) is 4.82. The molecule has 2 rings (SSSR count). The Labute approximate surface area is 149 Å². The Hall–Kier alpha value is -1.85. The van der Waals surface area contributed by atoms with E-state index >= 15 is 0 Å². The minimum atomic E-state index is -0.605. The number of rotatable bonds is 8. The molecule has 6 nitrogen and oxygen atoms in total. The van der Waals surface area contributed by atoms with Crippen LogP contribution in [0.3, 0.4) is 0 Å². The molecule has 0 radical (unpaired) electrons. The lowest BCUT2D eigenvalue weighted by molar-refractivity contribution is -0.150. The summed E-state index contributed by atoms with van der Waals surface area (Å²) in [4.78, 5) is 23.1. The molecule has 0 unspecified atom stereocenters. The van der Waals surface area contributed by atoms with Crippen LogP contribution in [0.2, 0.25) is 0 Å². The molecular formula is C16H18N2O4S2. The van der Waals surface area contributed by atoms with E-state index in [0.29, 0.717) is 10.3 Å². The molecule has 0 spiro atoms. The van der Waals surface area contributed by atoms with Crippen molar-refractivity contribution in [1.29, 1.82) is 5.26 Å². The number of hydrogen-bond acceptors (Lipinski definition) is 7. The Morgan fingerprint density at radius 1 is 1.25 bits per heavy atom. The summed E-state index contributed by atoms with van der Waals surface area (Å²) < 4.78 is 10.7. The van der Waals surface area contributed by atoms with E-state index in [-0.39, 0.29) is 26.2 Å². The summed E-state index contributed by atoms with van der Waals surface area (Å²) in [5, 5.41) is 10.8. The second kappa shape index (κ2) is 10.1. The Bertz CT molecular complexity index is 612. The number of amides is 1. The van der Waals surface area contributed by atoms with Crippen molar-refractivity contribution in [3.8, 4) is 11.8 Å². The summed E-state index contributed by atoms with van der Waals surface area (Å²) in [6.07, 6.45) is 0.219. The molecular weight excluding hydrogens is 348 g/mol. The van der Waals surface area contributed by atoms with Crippen LogP contribution in [-0.2, 0) is 14.3 Å². The average Bonchev–Trinajstić information content (AvgIpc) is 3.13. The fourth-order valence-electron chi connectivity index (χ4n) is 1.98. The van der Waals surface area contributed by atoms with Gasteiger partial charge < -0.3 is 14.8 Å². The highest BCUT2D eigenvalue weighted by Crippen LogP contribution is 2.48. The summed E-state index contributed by atoms with van der Waals surface area (Å²) in [5.41, 5.74) is 1.06. The molecule has 24 heavy (non-hydrogen) atoms. The smallest absolute Gasteiger partial charge is 0.344 e. The maximum Gasteiger partial charge on any atom is 0.344 e. The molecule has 0 bridgehead atoms. The van der Waals surface area contributed by atoms with E-state index in [1.807, 2.05) is 53.9 Å². The van der Waals surface area contributed by atoms with Gasteiger partial charge in [-0.1, -0.05) is 18.2 Å². The van der Waals surface area contributed by atoms with E-state index in [4.69, 9.17) is 14.7 Å². The molecule has 8 heteroatoms. The molecule has 1 fully saturated rings. The molecule has 1 aromatic rings. The van der Waals surface area contributed by atoms with Gasteiger partial charge in [-0.15, -0.1) is 23.5 Å².